The number of amides is 1. The number of rotatable bonds is 5. The van der Waals surface area contributed by atoms with E-state index in [0.29, 0.717) is 5.69 Å². The van der Waals surface area contributed by atoms with E-state index >= 15 is 0 Å². The third-order valence-electron chi connectivity index (χ3n) is 4.07. The number of hydrogen-bond donors (Lipinski definition) is 1. The molecule has 0 aromatic heterocycles. The molecule has 1 amide bonds. The Kier molecular flexibility index (Phi) is 5.67. The summed E-state index contributed by atoms with van der Waals surface area (Å²) in [7, 11) is -2.45. The molecule has 0 heterocycles. The molecule has 28 heavy (non-hydrogen) atoms. The fourth-order valence-electron chi connectivity index (χ4n) is 2.53. The largest absolute Gasteiger partial charge is 0.319 e. The number of halogens is 2. The van der Waals surface area contributed by atoms with Crippen LogP contribution in [-0.2, 0) is 10.0 Å². The van der Waals surface area contributed by atoms with Gasteiger partial charge in [0, 0.05) is 12.6 Å². The van der Waals surface area contributed by atoms with Crippen molar-refractivity contribution < 1.29 is 17.6 Å². The lowest BCUT2D eigenvalue weighted by Crippen LogP contribution is -2.26. The molecule has 3 aromatic carbocycles. The van der Waals surface area contributed by atoms with Gasteiger partial charge in [-0.25, -0.2) is 12.8 Å². The average Bonchev–Trinajstić information content (AvgIpc) is 2.71. The van der Waals surface area contributed by atoms with E-state index in [-0.39, 0.29) is 21.2 Å². The number of sulfonamides is 1. The first-order valence-corrected chi connectivity index (χ1v) is 10.0. The first-order valence-electron chi connectivity index (χ1n) is 8.20. The van der Waals surface area contributed by atoms with Crippen molar-refractivity contribution >= 4 is 38.9 Å². The maximum atomic E-state index is 14.0. The van der Waals surface area contributed by atoms with Gasteiger partial charge in [-0.3, -0.25) is 9.10 Å². The second-order valence-electron chi connectivity index (χ2n) is 5.89. The number of nitrogens with zero attached hydrogens (tertiary/aromatic N) is 1. The van der Waals surface area contributed by atoms with Crippen molar-refractivity contribution in [1.82, 2.24) is 0 Å². The molecule has 5 nitrogen and oxygen atoms in total. The number of carbonyl (C=O) groups is 1. The third-order valence-corrected chi connectivity index (χ3v) is 6.15. The van der Waals surface area contributed by atoms with Crippen molar-refractivity contribution in [2.45, 2.75) is 4.90 Å². The van der Waals surface area contributed by atoms with E-state index in [1.807, 2.05) is 0 Å². The van der Waals surface area contributed by atoms with Gasteiger partial charge in [-0.15, -0.1) is 0 Å². The maximum Gasteiger partial charge on any atom is 0.264 e. The molecular weight excluding hydrogens is 403 g/mol. The second kappa shape index (κ2) is 8.00. The Bertz CT molecular complexity index is 1120. The lowest BCUT2D eigenvalue weighted by atomic mass is 10.2. The summed E-state index contributed by atoms with van der Waals surface area (Å²) in [4.78, 5) is 12.4. The first-order chi connectivity index (χ1) is 13.3. The summed E-state index contributed by atoms with van der Waals surface area (Å²) in [6.07, 6.45) is 0. The van der Waals surface area contributed by atoms with Gasteiger partial charge in [0.25, 0.3) is 15.9 Å². The third kappa shape index (κ3) is 4.00. The molecule has 0 bridgehead atoms. The minimum absolute atomic E-state index is 0.0573. The molecule has 0 atom stereocenters. The Hall–Kier alpha value is -2.90. The van der Waals surface area contributed by atoms with Crippen molar-refractivity contribution in [3.63, 3.8) is 0 Å². The van der Waals surface area contributed by atoms with E-state index < -0.39 is 21.7 Å². The van der Waals surface area contributed by atoms with Crippen LogP contribution in [0.2, 0.25) is 5.02 Å². The van der Waals surface area contributed by atoms with Gasteiger partial charge in [0.2, 0.25) is 0 Å². The fourth-order valence-corrected chi connectivity index (χ4v) is 3.94. The van der Waals surface area contributed by atoms with Crippen LogP contribution in [0.5, 0.6) is 0 Å². The zero-order valence-electron chi connectivity index (χ0n) is 14.8. The van der Waals surface area contributed by atoms with Crippen molar-refractivity contribution in [2.24, 2.45) is 0 Å². The van der Waals surface area contributed by atoms with Gasteiger partial charge in [0.05, 0.1) is 21.3 Å². The second-order valence-corrected chi connectivity index (χ2v) is 8.27. The van der Waals surface area contributed by atoms with Crippen LogP contribution in [0.4, 0.5) is 15.8 Å². The van der Waals surface area contributed by atoms with Crippen molar-refractivity contribution in [2.75, 3.05) is 16.7 Å². The van der Waals surface area contributed by atoms with E-state index in [1.165, 1.54) is 49.5 Å². The number of hydrogen-bond acceptors (Lipinski definition) is 3. The SMILES string of the molecule is CN(c1ccccc1)S(=O)(=O)c1cccc(C(=O)Nc2cccc(Cl)c2F)c1. The molecule has 0 aliphatic heterocycles. The highest BCUT2D eigenvalue weighted by Crippen LogP contribution is 2.24. The monoisotopic (exact) mass is 418 g/mol. The Labute approximate surface area is 167 Å². The Balaban J connectivity index is 1.89. The predicted octanol–water partition coefficient (Wildman–Crippen LogP) is 4.56. The molecule has 0 radical (unpaired) electrons. The minimum atomic E-state index is -3.88. The van der Waals surface area contributed by atoms with Crippen LogP contribution < -0.4 is 9.62 Å². The molecule has 3 aromatic rings. The highest BCUT2D eigenvalue weighted by Gasteiger charge is 2.22. The van der Waals surface area contributed by atoms with Crippen LogP contribution in [0, 0.1) is 5.82 Å². The number of benzene rings is 3. The van der Waals surface area contributed by atoms with E-state index in [9.17, 15) is 17.6 Å². The fraction of sp³-hybridized carbons (Fsp3) is 0.0500. The maximum absolute atomic E-state index is 14.0. The van der Waals surface area contributed by atoms with Gasteiger partial charge >= 0.3 is 0 Å². The highest BCUT2D eigenvalue weighted by molar-refractivity contribution is 7.92. The van der Waals surface area contributed by atoms with E-state index in [1.54, 1.807) is 30.3 Å². The number of nitrogens with one attached hydrogen (secondary N) is 1. The van der Waals surface area contributed by atoms with Gasteiger partial charge < -0.3 is 5.32 Å². The zero-order valence-corrected chi connectivity index (χ0v) is 16.3. The van der Waals surface area contributed by atoms with Crippen molar-refractivity contribution in [3.05, 3.63) is 89.2 Å². The Morgan fingerprint density at radius 3 is 2.39 bits per heavy atom. The summed E-state index contributed by atoms with van der Waals surface area (Å²) >= 11 is 5.71. The molecule has 8 heteroatoms. The van der Waals surface area contributed by atoms with Crippen LogP contribution in [0.15, 0.2) is 77.7 Å². The minimum Gasteiger partial charge on any atom is -0.319 e. The van der Waals surface area contributed by atoms with Crippen LogP contribution in [0.3, 0.4) is 0 Å². The molecule has 0 spiro atoms. The molecule has 0 saturated carbocycles. The van der Waals surface area contributed by atoms with Crippen LogP contribution in [-0.4, -0.2) is 21.4 Å². The van der Waals surface area contributed by atoms with E-state index in [4.69, 9.17) is 11.6 Å². The number of anilines is 2. The molecule has 144 valence electrons. The van der Waals surface area contributed by atoms with E-state index in [2.05, 4.69) is 5.32 Å². The van der Waals surface area contributed by atoms with Crippen LogP contribution in [0.25, 0.3) is 0 Å². The van der Waals surface area contributed by atoms with Crippen molar-refractivity contribution in [3.8, 4) is 0 Å². The summed E-state index contributed by atoms with van der Waals surface area (Å²) in [5.74, 6) is -1.41. The van der Waals surface area contributed by atoms with Crippen molar-refractivity contribution in [1.29, 1.82) is 0 Å². The normalized spacial score (nSPS) is 11.1. The molecule has 3 rings (SSSR count). The Morgan fingerprint density at radius 1 is 1.00 bits per heavy atom. The summed E-state index contributed by atoms with van der Waals surface area (Å²) < 4.78 is 40.9. The lowest BCUT2D eigenvalue weighted by molar-refractivity contribution is 0.102. The smallest absolute Gasteiger partial charge is 0.264 e. The zero-order chi connectivity index (χ0) is 20.3. The van der Waals surface area contributed by atoms with Gasteiger partial charge in [0.15, 0.2) is 5.82 Å². The molecule has 0 aliphatic carbocycles. The van der Waals surface area contributed by atoms with Gasteiger partial charge in [-0.1, -0.05) is 41.9 Å². The lowest BCUT2D eigenvalue weighted by Gasteiger charge is -2.19. The highest BCUT2D eigenvalue weighted by atomic mass is 35.5. The van der Waals surface area contributed by atoms with Crippen LogP contribution in [0.1, 0.15) is 10.4 Å². The Morgan fingerprint density at radius 2 is 1.68 bits per heavy atom. The summed E-state index contributed by atoms with van der Waals surface area (Å²) in [5, 5.41) is 2.27. The summed E-state index contributed by atoms with van der Waals surface area (Å²) in [6.45, 7) is 0. The molecular formula is C20H16ClFN2O3S. The molecule has 0 saturated heterocycles. The van der Waals surface area contributed by atoms with E-state index in [0.717, 1.165) is 4.31 Å². The predicted molar refractivity (Wildman–Crippen MR) is 108 cm³/mol. The van der Waals surface area contributed by atoms with Gasteiger partial charge in [-0.05, 0) is 42.5 Å². The van der Waals surface area contributed by atoms with Gasteiger partial charge in [0.1, 0.15) is 0 Å². The van der Waals surface area contributed by atoms with Gasteiger partial charge in [-0.2, -0.15) is 0 Å². The number of carbonyl (C=O) groups excluding carboxylic acids is 1. The molecule has 0 unspecified atom stereocenters. The summed E-state index contributed by atoms with van der Waals surface area (Å²) in [5.41, 5.74) is 0.465. The standard InChI is InChI=1S/C20H16ClFN2O3S/c1-24(15-8-3-2-4-9-15)28(26,27)16-10-5-7-14(13-16)20(25)23-18-12-6-11-17(21)19(18)22/h2-13H,1H3,(H,23,25). The summed E-state index contributed by atoms with van der Waals surface area (Å²) in [6, 6.07) is 18.3. The average molecular weight is 419 g/mol. The first kappa shape index (κ1) is 19.9. The molecule has 0 aliphatic rings. The topological polar surface area (TPSA) is 66.5 Å². The molecule has 1 N–H and O–H groups in total. The number of para-hydroxylation sites is 1. The quantitative estimate of drug-likeness (QED) is 0.660. The molecule has 0 fully saturated rings. The van der Waals surface area contributed by atoms with Crippen LogP contribution >= 0.6 is 11.6 Å².